The molecule has 2 aromatic carbocycles. The van der Waals surface area contributed by atoms with E-state index in [0.717, 1.165) is 18.2 Å². The number of hydrogen-bond acceptors (Lipinski definition) is 2. The first-order valence-corrected chi connectivity index (χ1v) is 5.85. The second kappa shape index (κ2) is 5.68. The van der Waals surface area contributed by atoms with Crippen LogP contribution in [0.5, 0.6) is 0 Å². The molecule has 0 aliphatic rings. The Morgan fingerprint density at radius 1 is 1.15 bits per heavy atom. The van der Waals surface area contributed by atoms with E-state index in [9.17, 15) is 13.6 Å². The van der Waals surface area contributed by atoms with Crippen LogP contribution in [-0.2, 0) is 0 Å². The maximum atomic E-state index is 13.0. The van der Waals surface area contributed by atoms with Crippen molar-refractivity contribution in [2.75, 3.05) is 5.32 Å². The number of nitriles is 1. The van der Waals surface area contributed by atoms with Gasteiger partial charge in [-0.1, -0.05) is 11.6 Å². The van der Waals surface area contributed by atoms with Gasteiger partial charge in [0.05, 0.1) is 22.3 Å². The summed E-state index contributed by atoms with van der Waals surface area (Å²) in [6.45, 7) is 0. The first kappa shape index (κ1) is 14.0. The Bertz CT molecular complexity index is 726. The number of nitrogens with one attached hydrogen (secondary N) is 1. The number of anilines is 1. The predicted octanol–water partition coefficient (Wildman–Crippen LogP) is 3.74. The van der Waals surface area contributed by atoms with Crippen molar-refractivity contribution in [1.29, 1.82) is 5.26 Å². The number of hydrogen-bond donors (Lipinski definition) is 1. The van der Waals surface area contributed by atoms with Crippen LogP contribution < -0.4 is 5.32 Å². The zero-order valence-corrected chi connectivity index (χ0v) is 10.7. The number of carbonyl (C=O) groups excluding carboxylic acids is 1. The lowest BCUT2D eigenvalue weighted by atomic mass is 10.2. The van der Waals surface area contributed by atoms with Gasteiger partial charge in [-0.2, -0.15) is 5.26 Å². The summed E-state index contributed by atoms with van der Waals surface area (Å²) in [7, 11) is 0. The molecule has 0 aliphatic heterocycles. The normalized spacial score (nSPS) is 9.90. The van der Waals surface area contributed by atoms with Crippen molar-refractivity contribution < 1.29 is 13.6 Å². The van der Waals surface area contributed by atoms with Gasteiger partial charge in [-0.3, -0.25) is 4.79 Å². The standard InChI is InChI=1S/C14H7ClF2N2O/c15-10-5-8(7-18)1-4-13(10)19-14(20)9-2-3-11(16)12(17)6-9/h1-6H,(H,19,20). The lowest BCUT2D eigenvalue weighted by Crippen LogP contribution is -2.12. The van der Waals surface area contributed by atoms with Gasteiger partial charge >= 0.3 is 0 Å². The number of carbonyl (C=O) groups is 1. The Kier molecular flexibility index (Phi) is 3.97. The van der Waals surface area contributed by atoms with Gasteiger partial charge in [0, 0.05) is 5.56 Å². The predicted molar refractivity (Wildman–Crippen MR) is 70.5 cm³/mol. The van der Waals surface area contributed by atoms with Crippen molar-refractivity contribution in [3.05, 3.63) is 64.2 Å². The highest BCUT2D eigenvalue weighted by Gasteiger charge is 2.11. The summed E-state index contributed by atoms with van der Waals surface area (Å²) in [5.74, 6) is -2.77. The van der Waals surface area contributed by atoms with E-state index < -0.39 is 17.5 Å². The fraction of sp³-hybridized carbons (Fsp3) is 0. The van der Waals surface area contributed by atoms with Crippen LogP contribution in [0.1, 0.15) is 15.9 Å². The van der Waals surface area contributed by atoms with Crippen LogP contribution in [0, 0.1) is 23.0 Å². The van der Waals surface area contributed by atoms with Crippen molar-refractivity contribution in [3.8, 4) is 6.07 Å². The van der Waals surface area contributed by atoms with Gasteiger partial charge in [0.15, 0.2) is 11.6 Å². The highest BCUT2D eigenvalue weighted by Crippen LogP contribution is 2.23. The molecule has 1 amide bonds. The van der Waals surface area contributed by atoms with Crippen LogP contribution in [0.15, 0.2) is 36.4 Å². The van der Waals surface area contributed by atoms with Crippen LogP contribution in [-0.4, -0.2) is 5.91 Å². The van der Waals surface area contributed by atoms with Crippen molar-refractivity contribution >= 4 is 23.2 Å². The first-order valence-electron chi connectivity index (χ1n) is 5.47. The number of rotatable bonds is 2. The molecule has 2 aromatic rings. The molecule has 0 aliphatic carbocycles. The average Bonchev–Trinajstić information content (AvgIpc) is 2.43. The van der Waals surface area contributed by atoms with E-state index in [-0.39, 0.29) is 16.3 Å². The number of amides is 1. The number of benzene rings is 2. The van der Waals surface area contributed by atoms with Gasteiger partial charge in [0.1, 0.15) is 0 Å². The maximum Gasteiger partial charge on any atom is 0.255 e. The van der Waals surface area contributed by atoms with E-state index in [1.165, 1.54) is 18.2 Å². The van der Waals surface area contributed by atoms with Crippen molar-refractivity contribution in [2.24, 2.45) is 0 Å². The Hall–Kier alpha value is -2.45. The molecule has 100 valence electrons. The largest absolute Gasteiger partial charge is 0.321 e. The molecular formula is C14H7ClF2N2O. The SMILES string of the molecule is N#Cc1ccc(NC(=O)c2ccc(F)c(F)c2)c(Cl)c1. The lowest BCUT2D eigenvalue weighted by molar-refractivity contribution is 0.102. The lowest BCUT2D eigenvalue weighted by Gasteiger charge is -2.07. The van der Waals surface area contributed by atoms with Gasteiger partial charge in [-0.25, -0.2) is 8.78 Å². The summed E-state index contributed by atoms with van der Waals surface area (Å²) >= 11 is 5.90. The van der Waals surface area contributed by atoms with E-state index in [4.69, 9.17) is 16.9 Å². The third-order valence-electron chi connectivity index (χ3n) is 2.53. The van der Waals surface area contributed by atoms with Crippen LogP contribution in [0.25, 0.3) is 0 Å². The second-order valence-electron chi connectivity index (χ2n) is 3.89. The van der Waals surface area contributed by atoms with E-state index in [1.54, 1.807) is 0 Å². The zero-order valence-electron chi connectivity index (χ0n) is 9.95. The summed E-state index contributed by atoms with van der Waals surface area (Å²) in [5.41, 5.74) is 0.588. The topological polar surface area (TPSA) is 52.9 Å². The zero-order chi connectivity index (χ0) is 14.7. The van der Waals surface area contributed by atoms with Crippen molar-refractivity contribution in [3.63, 3.8) is 0 Å². The van der Waals surface area contributed by atoms with Crippen molar-refractivity contribution in [1.82, 2.24) is 0 Å². The quantitative estimate of drug-likeness (QED) is 0.916. The van der Waals surface area contributed by atoms with Crippen LogP contribution >= 0.6 is 11.6 Å². The molecule has 0 bridgehead atoms. The molecule has 0 aromatic heterocycles. The van der Waals surface area contributed by atoms with Gasteiger partial charge in [0.25, 0.3) is 5.91 Å². The second-order valence-corrected chi connectivity index (χ2v) is 4.30. The van der Waals surface area contributed by atoms with Crippen LogP contribution in [0.4, 0.5) is 14.5 Å². The summed E-state index contributed by atoms with van der Waals surface area (Å²) < 4.78 is 25.8. The van der Waals surface area contributed by atoms with Crippen LogP contribution in [0.3, 0.4) is 0 Å². The van der Waals surface area contributed by atoms with Gasteiger partial charge in [0.2, 0.25) is 0 Å². The minimum Gasteiger partial charge on any atom is -0.321 e. The summed E-state index contributed by atoms with van der Waals surface area (Å²) in [5, 5.41) is 11.3. The molecule has 0 unspecified atom stereocenters. The summed E-state index contributed by atoms with van der Waals surface area (Å²) in [6, 6.07) is 9.05. The van der Waals surface area contributed by atoms with Gasteiger partial charge in [-0.05, 0) is 36.4 Å². The molecule has 1 N–H and O–H groups in total. The molecule has 0 atom stereocenters. The molecule has 0 heterocycles. The van der Waals surface area contributed by atoms with E-state index in [0.29, 0.717) is 5.56 Å². The minimum absolute atomic E-state index is 0.0377. The van der Waals surface area contributed by atoms with E-state index in [1.807, 2.05) is 6.07 Å². The molecule has 0 fully saturated rings. The third-order valence-corrected chi connectivity index (χ3v) is 2.84. The van der Waals surface area contributed by atoms with Crippen molar-refractivity contribution in [2.45, 2.75) is 0 Å². The van der Waals surface area contributed by atoms with Crippen LogP contribution in [0.2, 0.25) is 5.02 Å². The Labute approximate surface area is 118 Å². The third kappa shape index (κ3) is 2.92. The fourth-order valence-electron chi connectivity index (χ4n) is 1.52. The monoisotopic (exact) mass is 292 g/mol. The van der Waals surface area contributed by atoms with E-state index in [2.05, 4.69) is 5.32 Å². The minimum atomic E-state index is -1.11. The Morgan fingerprint density at radius 2 is 1.90 bits per heavy atom. The molecule has 0 radical (unpaired) electrons. The average molecular weight is 293 g/mol. The molecule has 0 spiro atoms. The molecular weight excluding hydrogens is 286 g/mol. The number of halogens is 3. The molecule has 3 nitrogen and oxygen atoms in total. The maximum absolute atomic E-state index is 13.0. The highest BCUT2D eigenvalue weighted by molar-refractivity contribution is 6.34. The highest BCUT2D eigenvalue weighted by atomic mass is 35.5. The number of nitrogens with zero attached hydrogens (tertiary/aromatic N) is 1. The Morgan fingerprint density at radius 3 is 2.50 bits per heavy atom. The summed E-state index contributed by atoms with van der Waals surface area (Å²) in [4.78, 5) is 11.9. The Balaban J connectivity index is 2.23. The molecule has 0 saturated carbocycles. The van der Waals surface area contributed by atoms with Gasteiger partial charge < -0.3 is 5.32 Å². The fourth-order valence-corrected chi connectivity index (χ4v) is 1.75. The molecule has 2 rings (SSSR count). The first-order chi connectivity index (χ1) is 9.51. The smallest absolute Gasteiger partial charge is 0.255 e. The van der Waals surface area contributed by atoms with E-state index >= 15 is 0 Å². The molecule has 6 heteroatoms. The molecule has 0 saturated heterocycles. The van der Waals surface area contributed by atoms with Gasteiger partial charge in [-0.15, -0.1) is 0 Å². The molecule has 20 heavy (non-hydrogen) atoms. The summed E-state index contributed by atoms with van der Waals surface area (Å²) in [6.07, 6.45) is 0.